The SMILES string of the molecule is CCN(CC)S(=O)(=O)c1cccc(C(=O)NCC(=O)Nc2ccc3c(c2)CCC3)c1. The van der Waals surface area contributed by atoms with Gasteiger partial charge in [0, 0.05) is 24.3 Å². The molecule has 2 amide bonds. The molecule has 0 radical (unpaired) electrons. The van der Waals surface area contributed by atoms with Crippen molar-refractivity contribution < 1.29 is 18.0 Å². The first-order valence-electron chi connectivity index (χ1n) is 10.1. The van der Waals surface area contributed by atoms with Crippen molar-refractivity contribution in [3.05, 3.63) is 59.2 Å². The zero-order valence-electron chi connectivity index (χ0n) is 17.3. The lowest BCUT2D eigenvalue weighted by Crippen LogP contribution is -2.33. The quantitative estimate of drug-likeness (QED) is 0.674. The van der Waals surface area contributed by atoms with Gasteiger partial charge in [-0.3, -0.25) is 9.59 Å². The monoisotopic (exact) mass is 429 g/mol. The zero-order valence-corrected chi connectivity index (χ0v) is 18.1. The number of aryl methyl sites for hydroxylation is 2. The van der Waals surface area contributed by atoms with E-state index < -0.39 is 15.9 Å². The van der Waals surface area contributed by atoms with Gasteiger partial charge < -0.3 is 10.6 Å². The predicted molar refractivity (Wildman–Crippen MR) is 116 cm³/mol. The number of benzene rings is 2. The second kappa shape index (κ2) is 9.40. The van der Waals surface area contributed by atoms with Crippen molar-refractivity contribution in [3.8, 4) is 0 Å². The molecule has 0 atom stereocenters. The second-order valence-electron chi connectivity index (χ2n) is 7.19. The summed E-state index contributed by atoms with van der Waals surface area (Å²) in [6, 6.07) is 11.7. The summed E-state index contributed by atoms with van der Waals surface area (Å²) in [6.07, 6.45) is 3.22. The van der Waals surface area contributed by atoms with Gasteiger partial charge in [0.05, 0.1) is 11.4 Å². The number of sulfonamides is 1. The van der Waals surface area contributed by atoms with E-state index in [9.17, 15) is 18.0 Å². The molecule has 30 heavy (non-hydrogen) atoms. The average molecular weight is 430 g/mol. The molecule has 0 heterocycles. The number of nitrogens with zero attached hydrogens (tertiary/aromatic N) is 1. The fourth-order valence-electron chi connectivity index (χ4n) is 3.63. The molecule has 0 unspecified atom stereocenters. The Morgan fingerprint density at radius 3 is 2.47 bits per heavy atom. The normalized spacial score (nSPS) is 13.2. The number of hydrogen-bond donors (Lipinski definition) is 2. The third-order valence-electron chi connectivity index (χ3n) is 5.23. The van der Waals surface area contributed by atoms with Crippen LogP contribution in [-0.2, 0) is 27.7 Å². The van der Waals surface area contributed by atoms with E-state index in [0.29, 0.717) is 18.8 Å². The van der Waals surface area contributed by atoms with Gasteiger partial charge in [-0.2, -0.15) is 4.31 Å². The molecule has 0 spiro atoms. The minimum atomic E-state index is -3.66. The van der Waals surface area contributed by atoms with E-state index in [4.69, 9.17) is 0 Å². The van der Waals surface area contributed by atoms with Crippen LogP contribution in [0.1, 0.15) is 41.8 Å². The first kappa shape index (κ1) is 22.0. The number of anilines is 1. The molecule has 8 heteroatoms. The first-order valence-corrected chi connectivity index (χ1v) is 11.6. The van der Waals surface area contributed by atoms with Crippen LogP contribution in [0.15, 0.2) is 47.4 Å². The van der Waals surface area contributed by atoms with Crippen LogP contribution in [0.25, 0.3) is 0 Å². The van der Waals surface area contributed by atoms with Crippen LogP contribution in [0, 0.1) is 0 Å². The highest BCUT2D eigenvalue weighted by atomic mass is 32.2. The van der Waals surface area contributed by atoms with E-state index >= 15 is 0 Å². The number of amides is 2. The van der Waals surface area contributed by atoms with Gasteiger partial charge in [0.25, 0.3) is 5.91 Å². The van der Waals surface area contributed by atoms with Gasteiger partial charge in [-0.15, -0.1) is 0 Å². The molecule has 0 bridgehead atoms. The Hall–Kier alpha value is -2.71. The molecule has 0 fully saturated rings. The van der Waals surface area contributed by atoms with Crippen LogP contribution in [0.4, 0.5) is 5.69 Å². The molecule has 1 aliphatic carbocycles. The summed E-state index contributed by atoms with van der Waals surface area (Å²) >= 11 is 0. The Kier molecular flexibility index (Phi) is 6.89. The molecular formula is C22H27N3O4S. The lowest BCUT2D eigenvalue weighted by Gasteiger charge is -2.18. The smallest absolute Gasteiger partial charge is 0.251 e. The summed E-state index contributed by atoms with van der Waals surface area (Å²) in [6.45, 7) is 4.01. The second-order valence-corrected chi connectivity index (χ2v) is 9.12. The van der Waals surface area contributed by atoms with Crippen molar-refractivity contribution in [2.24, 2.45) is 0 Å². The molecular weight excluding hydrogens is 402 g/mol. The van der Waals surface area contributed by atoms with Crippen LogP contribution in [0.3, 0.4) is 0 Å². The third-order valence-corrected chi connectivity index (χ3v) is 7.28. The summed E-state index contributed by atoms with van der Waals surface area (Å²) < 4.78 is 26.6. The summed E-state index contributed by atoms with van der Waals surface area (Å²) in [5.74, 6) is -0.844. The van der Waals surface area contributed by atoms with Crippen molar-refractivity contribution in [2.45, 2.75) is 38.0 Å². The molecule has 0 saturated carbocycles. The Morgan fingerprint density at radius 1 is 1.00 bits per heavy atom. The maximum absolute atomic E-state index is 12.6. The summed E-state index contributed by atoms with van der Waals surface area (Å²) in [5, 5.41) is 5.34. The predicted octanol–water partition coefficient (Wildman–Crippen LogP) is 2.57. The van der Waals surface area contributed by atoms with Gasteiger partial charge in [-0.25, -0.2) is 8.42 Å². The Bertz CT molecular complexity index is 1050. The van der Waals surface area contributed by atoms with Gasteiger partial charge in [0.1, 0.15) is 0 Å². The summed E-state index contributed by atoms with van der Waals surface area (Å²) in [7, 11) is -3.66. The molecule has 0 aliphatic heterocycles. The molecule has 160 valence electrons. The van der Waals surface area contributed by atoms with Crippen molar-refractivity contribution in [3.63, 3.8) is 0 Å². The van der Waals surface area contributed by atoms with Crippen molar-refractivity contribution in [1.29, 1.82) is 0 Å². The van der Waals surface area contributed by atoms with Gasteiger partial charge in [0.2, 0.25) is 15.9 Å². The number of carbonyl (C=O) groups excluding carboxylic acids is 2. The van der Waals surface area contributed by atoms with E-state index in [-0.39, 0.29) is 22.9 Å². The van der Waals surface area contributed by atoms with E-state index in [1.54, 1.807) is 13.8 Å². The van der Waals surface area contributed by atoms with Crippen molar-refractivity contribution in [2.75, 3.05) is 25.0 Å². The topological polar surface area (TPSA) is 95.6 Å². The van der Waals surface area contributed by atoms with Crippen molar-refractivity contribution in [1.82, 2.24) is 9.62 Å². The standard InChI is InChI=1S/C22H27N3O4S/c1-3-25(4-2)30(28,29)20-10-6-9-18(14-20)22(27)23-15-21(26)24-19-12-11-16-7-5-8-17(16)13-19/h6,9-14H,3-5,7-8,15H2,1-2H3,(H,23,27)(H,24,26). The van der Waals surface area contributed by atoms with Gasteiger partial charge in [0.15, 0.2) is 0 Å². The molecule has 0 aromatic heterocycles. The van der Waals surface area contributed by atoms with Crippen LogP contribution < -0.4 is 10.6 Å². The average Bonchev–Trinajstić information content (AvgIpc) is 3.20. The third kappa shape index (κ3) is 4.88. The van der Waals surface area contributed by atoms with Gasteiger partial charge >= 0.3 is 0 Å². The summed E-state index contributed by atoms with van der Waals surface area (Å²) in [4.78, 5) is 24.7. The molecule has 2 aromatic rings. The van der Waals surface area contributed by atoms with Gasteiger partial charge in [-0.05, 0) is 60.7 Å². The van der Waals surface area contributed by atoms with Crippen LogP contribution in [-0.4, -0.2) is 44.2 Å². The van der Waals surface area contributed by atoms with E-state index in [2.05, 4.69) is 10.6 Å². The zero-order chi connectivity index (χ0) is 21.7. The maximum atomic E-state index is 12.6. The van der Waals surface area contributed by atoms with Crippen LogP contribution >= 0.6 is 0 Å². The number of rotatable bonds is 8. The van der Waals surface area contributed by atoms with E-state index in [0.717, 1.165) is 19.3 Å². The Balaban J connectivity index is 1.61. The minimum absolute atomic E-state index is 0.0569. The molecule has 2 aromatic carbocycles. The lowest BCUT2D eigenvalue weighted by atomic mass is 10.1. The van der Waals surface area contributed by atoms with Crippen molar-refractivity contribution >= 4 is 27.5 Å². The highest BCUT2D eigenvalue weighted by molar-refractivity contribution is 7.89. The number of hydrogen-bond acceptors (Lipinski definition) is 4. The Morgan fingerprint density at radius 2 is 1.73 bits per heavy atom. The Labute approximate surface area is 177 Å². The summed E-state index contributed by atoms with van der Waals surface area (Å²) in [5.41, 5.74) is 3.47. The number of carbonyl (C=O) groups is 2. The molecule has 1 aliphatic rings. The fourth-order valence-corrected chi connectivity index (χ4v) is 5.13. The maximum Gasteiger partial charge on any atom is 0.251 e. The minimum Gasteiger partial charge on any atom is -0.343 e. The highest BCUT2D eigenvalue weighted by Crippen LogP contribution is 2.24. The fraction of sp³-hybridized carbons (Fsp3) is 0.364. The molecule has 0 saturated heterocycles. The van der Waals surface area contributed by atoms with Crippen LogP contribution in [0.2, 0.25) is 0 Å². The first-order chi connectivity index (χ1) is 14.3. The molecule has 2 N–H and O–H groups in total. The molecule has 7 nitrogen and oxygen atoms in total. The number of fused-ring (bicyclic) bond motifs is 1. The number of nitrogens with one attached hydrogen (secondary N) is 2. The van der Waals surface area contributed by atoms with E-state index in [1.807, 2.05) is 18.2 Å². The van der Waals surface area contributed by atoms with Crippen LogP contribution in [0.5, 0.6) is 0 Å². The molecule has 3 rings (SSSR count). The largest absolute Gasteiger partial charge is 0.343 e. The van der Waals surface area contributed by atoms with Gasteiger partial charge in [-0.1, -0.05) is 26.0 Å². The van der Waals surface area contributed by atoms with E-state index in [1.165, 1.54) is 39.7 Å². The lowest BCUT2D eigenvalue weighted by molar-refractivity contribution is -0.115. The highest BCUT2D eigenvalue weighted by Gasteiger charge is 2.22.